The predicted octanol–water partition coefficient (Wildman–Crippen LogP) is 4.21. The summed E-state index contributed by atoms with van der Waals surface area (Å²) in [5.74, 6) is 0.425. The number of rotatable bonds is 8. The molecule has 1 nitrogen and oxygen atoms in total. The first kappa shape index (κ1) is 14.9. The van der Waals surface area contributed by atoms with Gasteiger partial charge in [-0.3, -0.25) is 0 Å². The van der Waals surface area contributed by atoms with E-state index in [-0.39, 0.29) is 12.5 Å². The van der Waals surface area contributed by atoms with Gasteiger partial charge in [0.05, 0.1) is 6.61 Å². The highest BCUT2D eigenvalue weighted by Crippen LogP contribution is 2.32. The molecule has 0 N–H and O–H groups in total. The van der Waals surface area contributed by atoms with Crippen molar-refractivity contribution in [3.05, 3.63) is 0 Å². The molecule has 2 atom stereocenters. The second kappa shape index (κ2) is 7.21. The Labute approximate surface area is 94.4 Å². The summed E-state index contributed by atoms with van der Waals surface area (Å²) in [4.78, 5) is 0. The summed E-state index contributed by atoms with van der Waals surface area (Å²) in [6, 6.07) is 0. The molecule has 0 aliphatic rings. The van der Waals surface area contributed by atoms with E-state index in [0.717, 1.165) is 12.8 Å². The Morgan fingerprint density at radius 3 is 2.20 bits per heavy atom. The minimum absolute atomic E-state index is 0.0594. The number of hydrogen-bond acceptors (Lipinski definition) is 1. The number of alkyl halides is 1. The van der Waals surface area contributed by atoms with Gasteiger partial charge < -0.3 is 4.74 Å². The number of ether oxygens (including phenoxy) is 1. The smallest absolute Gasteiger partial charge is 0.136 e. The second-order valence-electron chi connectivity index (χ2n) is 4.83. The van der Waals surface area contributed by atoms with Crippen LogP contribution in [0.5, 0.6) is 0 Å². The zero-order chi connectivity index (χ0) is 11.9. The van der Waals surface area contributed by atoms with Crippen molar-refractivity contribution in [1.82, 2.24) is 0 Å². The molecular formula is C13H27FO. The standard InChI is InChI=1S/C13H27FO/c1-6-8-9-15-10-13(14,7-2)12(5)11(3)4/h11-12H,6-10H2,1-5H3. The lowest BCUT2D eigenvalue weighted by Gasteiger charge is -2.33. The number of hydrogen-bond donors (Lipinski definition) is 0. The molecule has 0 aromatic rings. The molecule has 0 radical (unpaired) electrons. The molecular weight excluding hydrogens is 191 g/mol. The average Bonchev–Trinajstić information content (AvgIpc) is 2.23. The molecule has 0 bridgehead atoms. The van der Waals surface area contributed by atoms with E-state index in [0.29, 0.717) is 18.9 Å². The van der Waals surface area contributed by atoms with E-state index in [1.54, 1.807) is 0 Å². The van der Waals surface area contributed by atoms with E-state index in [1.807, 2.05) is 13.8 Å². The average molecular weight is 218 g/mol. The monoisotopic (exact) mass is 218 g/mol. The minimum atomic E-state index is -1.15. The van der Waals surface area contributed by atoms with Crippen LogP contribution < -0.4 is 0 Å². The van der Waals surface area contributed by atoms with Crippen molar-refractivity contribution in [1.29, 1.82) is 0 Å². The van der Waals surface area contributed by atoms with Gasteiger partial charge >= 0.3 is 0 Å². The quantitative estimate of drug-likeness (QED) is 0.554. The summed E-state index contributed by atoms with van der Waals surface area (Å²) < 4.78 is 19.9. The Kier molecular flexibility index (Phi) is 7.16. The third kappa shape index (κ3) is 4.96. The fraction of sp³-hybridized carbons (Fsp3) is 1.00. The lowest BCUT2D eigenvalue weighted by Crippen LogP contribution is -2.38. The Bertz CT molecular complexity index is 159. The van der Waals surface area contributed by atoms with Gasteiger partial charge in [0.15, 0.2) is 0 Å². The molecule has 0 fully saturated rings. The molecule has 0 amide bonds. The fourth-order valence-corrected chi connectivity index (χ4v) is 1.64. The van der Waals surface area contributed by atoms with E-state index in [2.05, 4.69) is 20.8 Å². The van der Waals surface area contributed by atoms with Gasteiger partial charge in [-0.05, 0) is 24.7 Å². The normalized spacial score (nSPS) is 17.8. The van der Waals surface area contributed by atoms with Gasteiger partial charge in [0, 0.05) is 6.61 Å². The Balaban J connectivity index is 4.06. The molecule has 0 aliphatic heterocycles. The summed E-state index contributed by atoms with van der Waals surface area (Å²) in [5.41, 5.74) is -1.15. The highest BCUT2D eigenvalue weighted by atomic mass is 19.1. The van der Waals surface area contributed by atoms with Crippen LogP contribution in [0.25, 0.3) is 0 Å². The highest BCUT2D eigenvalue weighted by Gasteiger charge is 2.36. The fourth-order valence-electron chi connectivity index (χ4n) is 1.64. The van der Waals surface area contributed by atoms with E-state index >= 15 is 0 Å². The Hall–Kier alpha value is -0.110. The summed E-state index contributed by atoms with van der Waals surface area (Å²) in [6.07, 6.45) is 2.67. The minimum Gasteiger partial charge on any atom is -0.378 e. The largest absolute Gasteiger partial charge is 0.378 e. The van der Waals surface area contributed by atoms with Crippen molar-refractivity contribution in [2.45, 2.75) is 59.5 Å². The number of halogens is 1. The van der Waals surface area contributed by atoms with Crippen molar-refractivity contribution >= 4 is 0 Å². The van der Waals surface area contributed by atoms with E-state index in [9.17, 15) is 4.39 Å². The van der Waals surface area contributed by atoms with Gasteiger partial charge in [-0.25, -0.2) is 4.39 Å². The third-order valence-corrected chi connectivity index (χ3v) is 3.39. The first-order valence-electron chi connectivity index (χ1n) is 6.24. The van der Waals surface area contributed by atoms with Crippen LogP contribution in [0.3, 0.4) is 0 Å². The molecule has 15 heavy (non-hydrogen) atoms. The Morgan fingerprint density at radius 2 is 1.80 bits per heavy atom. The van der Waals surface area contributed by atoms with Crippen molar-refractivity contribution < 1.29 is 9.13 Å². The summed E-state index contributed by atoms with van der Waals surface area (Å²) in [6.45, 7) is 11.1. The van der Waals surface area contributed by atoms with Gasteiger partial charge in [-0.15, -0.1) is 0 Å². The van der Waals surface area contributed by atoms with Crippen LogP contribution in [-0.4, -0.2) is 18.9 Å². The summed E-state index contributed by atoms with van der Waals surface area (Å²) in [5, 5.41) is 0. The zero-order valence-corrected chi connectivity index (χ0v) is 11.0. The topological polar surface area (TPSA) is 9.23 Å². The van der Waals surface area contributed by atoms with Crippen LogP contribution in [0, 0.1) is 11.8 Å². The molecule has 0 aromatic carbocycles. The van der Waals surface area contributed by atoms with Crippen LogP contribution >= 0.6 is 0 Å². The molecule has 0 heterocycles. The van der Waals surface area contributed by atoms with Crippen molar-refractivity contribution in [3.63, 3.8) is 0 Å². The van der Waals surface area contributed by atoms with E-state index < -0.39 is 5.67 Å². The maximum absolute atomic E-state index is 14.5. The van der Waals surface area contributed by atoms with Crippen molar-refractivity contribution in [3.8, 4) is 0 Å². The van der Waals surface area contributed by atoms with E-state index in [4.69, 9.17) is 4.74 Å². The van der Waals surface area contributed by atoms with E-state index in [1.165, 1.54) is 0 Å². The van der Waals surface area contributed by atoms with Gasteiger partial charge in [-0.2, -0.15) is 0 Å². The van der Waals surface area contributed by atoms with Crippen molar-refractivity contribution in [2.75, 3.05) is 13.2 Å². The van der Waals surface area contributed by atoms with Crippen LogP contribution in [-0.2, 0) is 4.74 Å². The first-order chi connectivity index (χ1) is 6.98. The molecule has 2 heteroatoms. The summed E-state index contributed by atoms with van der Waals surface area (Å²) in [7, 11) is 0. The van der Waals surface area contributed by atoms with Crippen LogP contribution in [0.15, 0.2) is 0 Å². The van der Waals surface area contributed by atoms with Crippen molar-refractivity contribution in [2.24, 2.45) is 11.8 Å². The predicted molar refractivity (Wildman–Crippen MR) is 63.9 cm³/mol. The molecule has 92 valence electrons. The Morgan fingerprint density at radius 1 is 1.20 bits per heavy atom. The summed E-state index contributed by atoms with van der Waals surface area (Å²) >= 11 is 0. The maximum atomic E-state index is 14.5. The highest BCUT2D eigenvalue weighted by molar-refractivity contribution is 4.85. The van der Waals surface area contributed by atoms with Crippen LogP contribution in [0.1, 0.15) is 53.9 Å². The molecule has 0 aliphatic carbocycles. The first-order valence-corrected chi connectivity index (χ1v) is 6.24. The van der Waals surface area contributed by atoms with Gasteiger partial charge in [0.2, 0.25) is 0 Å². The van der Waals surface area contributed by atoms with Gasteiger partial charge in [0.1, 0.15) is 5.67 Å². The lowest BCUT2D eigenvalue weighted by atomic mass is 9.81. The third-order valence-electron chi connectivity index (χ3n) is 3.39. The SMILES string of the molecule is CCCCOCC(F)(CC)C(C)C(C)C. The molecule has 0 spiro atoms. The second-order valence-corrected chi connectivity index (χ2v) is 4.83. The molecule has 0 saturated carbocycles. The van der Waals surface area contributed by atoms with Gasteiger partial charge in [0.25, 0.3) is 0 Å². The molecule has 0 rings (SSSR count). The molecule has 0 saturated heterocycles. The zero-order valence-electron chi connectivity index (χ0n) is 11.0. The van der Waals surface area contributed by atoms with Crippen LogP contribution in [0.2, 0.25) is 0 Å². The molecule has 0 aromatic heterocycles. The maximum Gasteiger partial charge on any atom is 0.136 e. The lowest BCUT2D eigenvalue weighted by molar-refractivity contribution is -0.0345. The number of unbranched alkanes of at least 4 members (excludes halogenated alkanes) is 1. The van der Waals surface area contributed by atoms with Crippen LogP contribution in [0.4, 0.5) is 4.39 Å². The van der Waals surface area contributed by atoms with Gasteiger partial charge in [-0.1, -0.05) is 41.0 Å². The molecule has 2 unspecified atom stereocenters.